The lowest BCUT2D eigenvalue weighted by Crippen LogP contribution is -2.15. The lowest BCUT2D eigenvalue weighted by Gasteiger charge is -2.22. The molecule has 0 atom stereocenters. The molecule has 3 aromatic rings. The summed E-state index contributed by atoms with van der Waals surface area (Å²) < 4.78 is 0. The zero-order valence-electron chi connectivity index (χ0n) is 15.3. The number of hydrogen-bond donors (Lipinski definition) is 5. The van der Waals surface area contributed by atoms with Crippen LogP contribution in [-0.4, -0.2) is 20.4 Å². The topological polar surface area (TPSA) is 93.0 Å². The van der Waals surface area contributed by atoms with E-state index in [4.69, 9.17) is 0 Å². The standard InChI is InChI=1S/C22H21NO4/c1-11-18(24)17(20(26)21(27)19(11)25)23-12-8-9-14-13-6-4-5-7-15(13)22(2,3)16(14)10-12/h4-10,23-27H,1-3H3. The van der Waals surface area contributed by atoms with E-state index in [9.17, 15) is 20.4 Å². The molecule has 0 saturated carbocycles. The summed E-state index contributed by atoms with van der Waals surface area (Å²) in [7, 11) is 0. The molecule has 0 aromatic heterocycles. The van der Waals surface area contributed by atoms with Crippen molar-refractivity contribution in [2.75, 3.05) is 5.32 Å². The largest absolute Gasteiger partial charge is 0.505 e. The second-order valence-electron chi connectivity index (χ2n) is 7.45. The first-order chi connectivity index (χ1) is 12.7. The first-order valence-electron chi connectivity index (χ1n) is 8.71. The predicted molar refractivity (Wildman–Crippen MR) is 105 cm³/mol. The van der Waals surface area contributed by atoms with Crippen molar-refractivity contribution in [1.82, 2.24) is 0 Å². The van der Waals surface area contributed by atoms with Crippen LogP contribution in [0.4, 0.5) is 11.4 Å². The van der Waals surface area contributed by atoms with Gasteiger partial charge in [0.2, 0.25) is 5.75 Å². The van der Waals surface area contributed by atoms with Gasteiger partial charge in [0, 0.05) is 16.7 Å². The quantitative estimate of drug-likeness (QED) is 0.331. The minimum atomic E-state index is -0.665. The molecular formula is C22H21NO4. The lowest BCUT2D eigenvalue weighted by molar-refractivity contribution is 0.360. The summed E-state index contributed by atoms with van der Waals surface area (Å²) in [6.07, 6.45) is 0. The highest BCUT2D eigenvalue weighted by Crippen LogP contribution is 2.52. The maximum Gasteiger partial charge on any atom is 0.203 e. The molecule has 27 heavy (non-hydrogen) atoms. The molecule has 1 aliphatic carbocycles. The van der Waals surface area contributed by atoms with Crippen LogP contribution in [0.3, 0.4) is 0 Å². The van der Waals surface area contributed by atoms with Crippen molar-refractivity contribution >= 4 is 11.4 Å². The third-order valence-electron chi connectivity index (χ3n) is 5.49. The van der Waals surface area contributed by atoms with E-state index in [0.717, 1.165) is 11.1 Å². The fourth-order valence-electron chi connectivity index (χ4n) is 3.86. The van der Waals surface area contributed by atoms with Gasteiger partial charge in [-0.2, -0.15) is 0 Å². The number of rotatable bonds is 2. The van der Waals surface area contributed by atoms with Crippen LogP contribution < -0.4 is 5.32 Å². The van der Waals surface area contributed by atoms with Crippen LogP contribution in [0.25, 0.3) is 11.1 Å². The van der Waals surface area contributed by atoms with Crippen molar-refractivity contribution in [3.05, 3.63) is 59.2 Å². The fourth-order valence-corrected chi connectivity index (χ4v) is 3.86. The highest BCUT2D eigenvalue weighted by molar-refractivity contribution is 5.85. The molecule has 5 N–H and O–H groups in total. The molecule has 0 unspecified atom stereocenters. The van der Waals surface area contributed by atoms with Crippen LogP contribution in [0.1, 0.15) is 30.5 Å². The van der Waals surface area contributed by atoms with Gasteiger partial charge in [0.15, 0.2) is 11.5 Å². The molecule has 0 spiro atoms. The number of hydrogen-bond acceptors (Lipinski definition) is 5. The van der Waals surface area contributed by atoms with Crippen LogP contribution >= 0.6 is 0 Å². The van der Waals surface area contributed by atoms with E-state index in [2.05, 4.69) is 31.3 Å². The summed E-state index contributed by atoms with van der Waals surface area (Å²) in [5.74, 6) is -2.12. The maximum absolute atomic E-state index is 10.3. The Hall–Kier alpha value is -3.34. The molecule has 3 aromatic carbocycles. The number of phenols is 4. The number of aromatic hydroxyl groups is 4. The van der Waals surface area contributed by atoms with Gasteiger partial charge < -0.3 is 25.7 Å². The van der Waals surface area contributed by atoms with E-state index in [1.165, 1.54) is 18.1 Å². The van der Waals surface area contributed by atoms with Gasteiger partial charge in [-0.15, -0.1) is 0 Å². The zero-order chi connectivity index (χ0) is 19.5. The minimum absolute atomic E-state index is 0.0453. The van der Waals surface area contributed by atoms with Crippen LogP contribution in [-0.2, 0) is 5.41 Å². The number of phenolic OH excluding ortho intramolecular Hbond substituents is 4. The number of anilines is 2. The monoisotopic (exact) mass is 363 g/mol. The van der Waals surface area contributed by atoms with Crippen LogP contribution in [0.5, 0.6) is 23.0 Å². The van der Waals surface area contributed by atoms with Crippen molar-refractivity contribution in [3.8, 4) is 34.1 Å². The van der Waals surface area contributed by atoms with Crippen molar-refractivity contribution in [3.63, 3.8) is 0 Å². The average Bonchev–Trinajstić information content (AvgIpc) is 2.90. The zero-order valence-corrected chi connectivity index (χ0v) is 15.3. The summed E-state index contributed by atoms with van der Waals surface area (Å²) in [4.78, 5) is 0. The Labute approximate surface area is 157 Å². The van der Waals surface area contributed by atoms with E-state index in [0.29, 0.717) is 5.69 Å². The molecule has 138 valence electrons. The Morgan fingerprint density at radius 2 is 1.41 bits per heavy atom. The van der Waals surface area contributed by atoms with Crippen molar-refractivity contribution in [2.24, 2.45) is 0 Å². The smallest absolute Gasteiger partial charge is 0.203 e. The molecule has 0 fully saturated rings. The third-order valence-corrected chi connectivity index (χ3v) is 5.49. The molecule has 1 aliphatic rings. The van der Waals surface area contributed by atoms with Gasteiger partial charge >= 0.3 is 0 Å². The normalized spacial score (nSPS) is 13.9. The van der Waals surface area contributed by atoms with Gasteiger partial charge in [0.1, 0.15) is 11.4 Å². The maximum atomic E-state index is 10.3. The van der Waals surface area contributed by atoms with Crippen molar-refractivity contribution in [1.29, 1.82) is 0 Å². The third kappa shape index (κ3) is 2.31. The second kappa shape index (κ2) is 5.58. The molecule has 0 bridgehead atoms. The first kappa shape index (κ1) is 17.1. The van der Waals surface area contributed by atoms with Gasteiger partial charge in [-0.25, -0.2) is 0 Å². The van der Waals surface area contributed by atoms with Crippen molar-refractivity contribution < 1.29 is 20.4 Å². The molecule has 0 radical (unpaired) electrons. The highest BCUT2D eigenvalue weighted by atomic mass is 16.3. The molecule has 5 heteroatoms. The summed E-state index contributed by atoms with van der Waals surface area (Å²) in [6.45, 7) is 5.78. The lowest BCUT2D eigenvalue weighted by atomic mass is 9.82. The molecule has 0 aliphatic heterocycles. The summed E-state index contributed by atoms with van der Waals surface area (Å²) in [5.41, 5.74) is 5.25. The highest BCUT2D eigenvalue weighted by Gasteiger charge is 2.35. The van der Waals surface area contributed by atoms with Gasteiger partial charge in [-0.1, -0.05) is 44.2 Å². The molecule has 0 amide bonds. The number of benzene rings is 3. The van der Waals surface area contributed by atoms with Gasteiger partial charge in [0.05, 0.1) is 0 Å². The molecule has 0 heterocycles. The molecule has 4 rings (SSSR count). The van der Waals surface area contributed by atoms with Crippen LogP contribution in [0, 0.1) is 6.92 Å². The van der Waals surface area contributed by atoms with E-state index < -0.39 is 17.2 Å². The van der Waals surface area contributed by atoms with Crippen LogP contribution in [0.2, 0.25) is 0 Å². The predicted octanol–water partition coefficient (Wildman–Crippen LogP) is 4.87. The Morgan fingerprint density at radius 3 is 2.15 bits per heavy atom. The summed E-state index contributed by atoms with van der Waals surface area (Å²) in [5, 5.41) is 43.0. The van der Waals surface area contributed by atoms with Gasteiger partial charge in [0.25, 0.3) is 0 Å². The van der Waals surface area contributed by atoms with Gasteiger partial charge in [-0.3, -0.25) is 0 Å². The number of fused-ring (bicyclic) bond motifs is 3. The Morgan fingerprint density at radius 1 is 0.741 bits per heavy atom. The Balaban J connectivity index is 1.81. The summed E-state index contributed by atoms with van der Waals surface area (Å²) in [6, 6.07) is 14.1. The molecule has 5 nitrogen and oxygen atoms in total. The average molecular weight is 363 g/mol. The minimum Gasteiger partial charge on any atom is -0.505 e. The number of nitrogens with one attached hydrogen (secondary N) is 1. The van der Waals surface area contributed by atoms with E-state index >= 15 is 0 Å². The van der Waals surface area contributed by atoms with Crippen LogP contribution in [0.15, 0.2) is 42.5 Å². The summed E-state index contributed by atoms with van der Waals surface area (Å²) >= 11 is 0. The van der Waals surface area contributed by atoms with E-state index in [-0.39, 0.29) is 22.4 Å². The van der Waals surface area contributed by atoms with Crippen molar-refractivity contribution in [2.45, 2.75) is 26.2 Å². The first-order valence-corrected chi connectivity index (χ1v) is 8.71. The molecular weight excluding hydrogens is 342 g/mol. The van der Waals surface area contributed by atoms with E-state index in [1.807, 2.05) is 30.3 Å². The fraction of sp³-hybridized carbons (Fsp3) is 0.182. The Kier molecular flexibility index (Phi) is 3.53. The SMILES string of the molecule is Cc1c(O)c(O)c(O)c(Nc2ccc3c(c2)C(C)(C)c2ccccc2-3)c1O. The Bertz CT molecular complexity index is 1060. The van der Waals surface area contributed by atoms with E-state index in [1.54, 1.807) is 0 Å². The van der Waals surface area contributed by atoms with Gasteiger partial charge in [-0.05, 0) is 41.3 Å². The molecule has 0 saturated heterocycles. The second-order valence-corrected chi connectivity index (χ2v) is 7.45.